The number of methoxy groups -OCH3 is 1. The van der Waals surface area contributed by atoms with Crippen LogP contribution in [0.25, 0.3) is 0 Å². The molecule has 0 spiro atoms. The van der Waals surface area contributed by atoms with Crippen molar-refractivity contribution in [1.29, 1.82) is 0 Å². The molecule has 0 aromatic carbocycles. The van der Waals surface area contributed by atoms with Crippen LogP contribution in [-0.4, -0.2) is 50.3 Å². The molecule has 0 radical (unpaired) electrons. The minimum atomic E-state index is -0.109. The van der Waals surface area contributed by atoms with Crippen LogP contribution >= 0.6 is 0 Å². The summed E-state index contributed by atoms with van der Waals surface area (Å²) in [6.45, 7) is 10.0. The minimum Gasteiger partial charge on any atom is -0.377 e. The minimum absolute atomic E-state index is 0.109. The van der Waals surface area contributed by atoms with E-state index in [1.807, 2.05) is 7.05 Å². The molecule has 3 heteroatoms. The maximum atomic E-state index is 5.59. The van der Waals surface area contributed by atoms with E-state index >= 15 is 0 Å². The van der Waals surface area contributed by atoms with Crippen molar-refractivity contribution in [2.45, 2.75) is 51.7 Å². The Bertz CT molecular complexity index is 214. The van der Waals surface area contributed by atoms with E-state index in [0.717, 1.165) is 19.0 Å². The molecular formula is C14H30N2O. The average molecular weight is 242 g/mol. The zero-order chi connectivity index (χ0) is 12.9. The third-order valence-corrected chi connectivity index (χ3v) is 4.34. The number of hydrogen-bond donors (Lipinski definition) is 1. The lowest BCUT2D eigenvalue weighted by Gasteiger charge is -2.38. The second kappa shape index (κ2) is 6.72. The van der Waals surface area contributed by atoms with Crippen LogP contribution in [0.4, 0.5) is 0 Å². The van der Waals surface area contributed by atoms with E-state index in [0.29, 0.717) is 6.04 Å². The predicted molar refractivity (Wildman–Crippen MR) is 73.4 cm³/mol. The highest BCUT2D eigenvalue weighted by atomic mass is 16.5. The molecular weight excluding hydrogens is 212 g/mol. The topological polar surface area (TPSA) is 24.5 Å². The van der Waals surface area contributed by atoms with Gasteiger partial charge in [0.05, 0.1) is 5.60 Å². The Hall–Kier alpha value is -0.120. The molecule has 1 aliphatic rings. The Morgan fingerprint density at radius 2 is 2.06 bits per heavy atom. The molecule has 0 heterocycles. The van der Waals surface area contributed by atoms with Gasteiger partial charge in [0, 0.05) is 26.2 Å². The van der Waals surface area contributed by atoms with Crippen molar-refractivity contribution in [2.24, 2.45) is 5.92 Å². The van der Waals surface area contributed by atoms with Gasteiger partial charge in [0.1, 0.15) is 0 Å². The summed E-state index contributed by atoms with van der Waals surface area (Å²) in [5.74, 6) is 0.943. The zero-order valence-electron chi connectivity index (χ0n) is 12.3. The molecule has 1 unspecified atom stereocenters. The van der Waals surface area contributed by atoms with Crippen molar-refractivity contribution in [3.63, 3.8) is 0 Å². The van der Waals surface area contributed by atoms with Gasteiger partial charge in [0.15, 0.2) is 0 Å². The second-order valence-corrected chi connectivity index (χ2v) is 5.80. The van der Waals surface area contributed by atoms with Gasteiger partial charge in [0.2, 0.25) is 0 Å². The number of nitrogens with zero attached hydrogens (tertiary/aromatic N) is 1. The van der Waals surface area contributed by atoms with Crippen LogP contribution in [0.1, 0.15) is 40.0 Å². The number of nitrogens with one attached hydrogen (secondary N) is 1. The highest BCUT2D eigenvalue weighted by molar-refractivity contribution is 4.87. The van der Waals surface area contributed by atoms with Crippen LogP contribution in [-0.2, 0) is 4.74 Å². The fraction of sp³-hybridized carbons (Fsp3) is 1.00. The van der Waals surface area contributed by atoms with Crippen molar-refractivity contribution in [1.82, 2.24) is 10.2 Å². The standard InChI is InChI=1S/C14H30N2O/c1-6-16(10-12-8-7-9-12)11-13(15-4)14(2,3)17-5/h12-13,15H,6-11H2,1-5H3. The first-order valence-electron chi connectivity index (χ1n) is 6.98. The summed E-state index contributed by atoms with van der Waals surface area (Å²) in [4.78, 5) is 2.56. The van der Waals surface area contributed by atoms with Gasteiger partial charge in [-0.05, 0) is 46.2 Å². The Labute approximate surface area is 107 Å². The van der Waals surface area contributed by atoms with Crippen molar-refractivity contribution >= 4 is 0 Å². The summed E-state index contributed by atoms with van der Waals surface area (Å²) in [6, 6.07) is 0.382. The normalized spacial score (nSPS) is 19.4. The van der Waals surface area contributed by atoms with Gasteiger partial charge < -0.3 is 15.0 Å². The van der Waals surface area contributed by atoms with E-state index < -0.39 is 0 Å². The molecule has 17 heavy (non-hydrogen) atoms. The third kappa shape index (κ3) is 4.23. The van der Waals surface area contributed by atoms with Gasteiger partial charge in [-0.1, -0.05) is 13.3 Å². The molecule has 102 valence electrons. The fourth-order valence-electron chi connectivity index (χ4n) is 2.43. The first-order chi connectivity index (χ1) is 8.03. The van der Waals surface area contributed by atoms with E-state index in [2.05, 4.69) is 31.0 Å². The molecule has 0 aromatic heterocycles. The first kappa shape index (κ1) is 14.9. The van der Waals surface area contributed by atoms with Gasteiger partial charge in [0.25, 0.3) is 0 Å². The molecule has 1 N–H and O–H groups in total. The average Bonchev–Trinajstić information content (AvgIpc) is 2.26. The largest absolute Gasteiger partial charge is 0.377 e. The van der Waals surface area contributed by atoms with Crippen LogP contribution < -0.4 is 5.32 Å². The summed E-state index contributed by atoms with van der Waals surface area (Å²) in [5, 5.41) is 3.40. The van der Waals surface area contributed by atoms with Gasteiger partial charge in [-0.3, -0.25) is 0 Å². The summed E-state index contributed by atoms with van der Waals surface area (Å²) in [7, 11) is 3.83. The smallest absolute Gasteiger partial charge is 0.0787 e. The van der Waals surface area contributed by atoms with Gasteiger partial charge in [-0.15, -0.1) is 0 Å². The third-order valence-electron chi connectivity index (χ3n) is 4.34. The molecule has 1 rings (SSSR count). The highest BCUT2D eigenvalue weighted by Gasteiger charge is 2.30. The van der Waals surface area contributed by atoms with Gasteiger partial charge in [-0.2, -0.15) is 0 Å². The zero-order valence-corrected chi connectivity index (χ0v) is 12.3. The molecule has 0 bridgehead atoms. The van der Waals surface area contributed by atoms with Crippen LogP contribution in [0.2, 0.25) is 0 Å². The van der Waals surface area contributed by atoms with Crippen LogP contribution in [0, 0.1) is 5.92 Å². The van der Waals surface area contributed by atoms with Crippen LogP contribution in [0.3, 0.4) is 0 Å². The molecule has 3 nitrogen and oxygen atoms in total. The van der Waals surface area contributed by atoms with E-state index in [4.69, 9.17) is 4.74 Å². The molecule has 0 amide bonds. The van der Waals surface area contributed by atoms with Crippen molar-refractivity contribution < 1.29 is 4.74 Å². The van der Waals surface area contributed by atoms with Crippen LogP contribution in [0.15, 0.2) is 0 Å². The quantitative estimate of drug-likeness (QED) is 0.705. The lowest BCUT2D eigenvalue weighted by Crippen LogP contribution is -2.53. The van der Waals surface area contributed by atoms with Gasteiger partial charge in [-0.25, -0.2) is 0 Å². The molecule has 1 saturated carbocycles. The Morgan fingerprint density at radius 3 is 2.41 bits per heavy atom. The number of rotatable bonds is 8. The highest BCUT2D eigenvalue weighted by Crippen LogP contribution is 2.27. The van der Waals surface area contributed by atoms with Crippen molar-refractivity contribution in [3.05, 3.63) is 0 Å². The first-order valence-corrected chi connectivity index (χ1v) is 6.98. The summed E-state index contributed by atoms with van der Waals surface area (Å²) in [6.07, 6.45) is 4.28. The Balaban J connectivity index is 2.45. The summed E-state index contributed by atoms with van der Waals surface area (Å²) in [5.41, 5.74) is -0.109. The maximum absolute atomic E-state index is 5.59. The van der Waals surface area contributed by atoms with Crippen molar-refractivity contribution in [3.8, 4) is 0 Å². The lowest BCUT2D eigenvalue weighted by molar-refractivity contribution is -0.0194. The Kier molecular flexibility index (Phi) is 5.90. The maximum Gasteiger partial charge on any atom is 0.0787 e. The summed E-state index contributed by atoms with van der Waals surface area (Å²) >= 11 is 0. The molecule has 0 saturated heterocycles. The van der Waals surface area contributed by atoms with E-state index in [1.54, 1.807) is 7.11 Å². The number of hydrogen-bond acceptors (Lipinski definition) is 3. The summed E-state index contributed by atoms with van der Waals surface area (Å²) < 4.78 is 5.59. The van der Waals surface area contributed by atoms with E-state index in [1.165, 1.54) is 25.8 Å². The molecule has 1 atom stereocenters. The number of likely N-dealkylation sites (N-methyl/N-ethyl adjacent to an activating group) is 2. The number of ether oxygens (including phenoxy) is 1. The van der Waals surface area contributed by atoms with E-state index in [-0.39, 0.29) is 5.60 Å². The lowest BCUT2D eigenvalue weighted by atomic mass is 9.85. The fourth-order valence-corrected chi connectivity index (χ4v) is 2.43. The van der Waals surface area contributed by atoms with Gasteiger partial charge >= 0.3 is 0 Å². The predicted octanol–water partition coefficient (Wildman–Crippen LogP) is 2.12. The second-order valence-electron chi connectivity index (χ2n) is 5.80. The SMILES string of the molecule is CCN(CC1CCC1)CC(NC)C(C)(C)OC. The molecule has 0 aliphatic heterocycles. The van der Waals surface area contributed by atoms with Crippen LogP contribution in [0.5, 0.6) is 0 Å². The van der Waals surface area contributed by atoms with Crippen molar-refractivity contribution in [2.75, 3.05) is 33.8 Å². The monoisotopic (exact) mass is 242 g/mol. The molecule has 1 aliphatic carbocycles. The Morgan fingerprint density at radius 1 is 1.41 bits per heavy atom. The molecule has 1 fully saturated rings. The van der Waals surface area contributed by atoms with E-state index in [9.17, 15) is 0 Å². The molecule has 0 aromatic rings.